The van der Waals surface area contributed by atoms with E-state index in [1.165, 1.54) is 22.8 Å². The third kappa shape index (κ3) is 5.21. The average Bonchev–Trinajstić information content (AvgIpc) is 3.13. The van der Waals surface area contributed by atoms with E-state index < -0.39 is 15.8 Å². The normalized spacial score (nSPS) is 12.5. The monoisotopic (exact) mass is 465 g/mol. The fourth-order valence-electron chi connectivity index (χ4n) is 3.48. The van der Waals surface area contributed by atoms with Gasteiger partial charge in [-0.3, -0.25) is 9.36 Å². The Morgan fingerprint density at radius 3 is 2.36 bits per heavy atom. The van der Waals surface area contributed by atoms with Crippen LogP contribution in [0.1, 0.15) is 24.1 Å². The number of amides is 1. The largest absolute Gasteiger partial charge is 0.420 e. The van der Waals surface area contributed by atoms with Crippen molar-refractivity contribution in [2.75, 3.05) is 0 Å². The van der Waals surface area contributed by atoms with Gasteiger partial charge in [0.05, 0.1) is 16.5 Å². The van der Waals surface area contributed by atoms with Gasteiger partial charge in [0.15, 0.2) is 5.58 Å². The van der Waals surface area contributed by atoms with Gasteiger partial charge in [0.1, 0.15) is 6.54 Å². The van der Waals surface area contributed by atoms with Crippen LogP contribution in [-0.2, 0) is 27.9 Å². The third-order valence-corrected chi connectivity index (χ3v) is 6.64. The Kier molecular flexibility index (Phi) is 6.43. The number of rotatable bonds is 8. The molecule has 9 heteroatoms. The molecule has 1 amide bonds. The number of aromatic nitrogens is 1. The topological polar surface area (TPSA) is 110 Å². The van der Waals surface area contributed by atoms with Gasteiger partial charge in [-0.1, -0.05) is 60.7 Å². The number of fused-ring (bicyclic) bond motifs is 1. The van der Waals surface area contributed by atoms with Crippen LogP contribution in [-0.4, -0.2) is 18.9 Å². The highest BCUT2D eigenvalue weighted by atomic mass is 32.2. The van der Waals surface area contributed by atoms with E-state index in [1.807, 2.05) is 67.6 Å². The van der Waals surface area contributed by atoms with Crippen LogP contribution in [0.3, 0.4) is 0 Å². The van der Waals surface area contributed by atoms with Crippen LogP contribution in [0.15, 0.2) is 93.0 Å². The Hall–Kier alpha value is -3.69. The number of oxazole rings is 1. The van der Waals surface area contributed by atoms with Crippen molar-refractivity contribution in [2.24, 2.45) is 0 Å². The van der Waals surface area contributed by atoms with E-state index in [1.54, 1.807) is 0 Å². The molecule has 2 N–H and O–H groups in total. The predicted octanol–water partition coefficient (Wildman–Crippen LogP) is 2.95. The van der Waals surface area contributed by atoms with Crippen molar-refractivity contribution in [2.45, 2.75) is 31.0 Å². The molecule has 0 aliphatic carbocycles. The summed E-state index contributed by atoms with van der Waals surface area (Å²) >= 11 is 0. The van der Waals surface area contributed by atoms with Gasteiger partial charge in [-0.25, -0.2) is 17.9 Å². The highest BCUT2D eigenvalue weighted by molar-refractivity contribution is 7.89. The van der Waals surface area contributed by atoms with E-state index in [0.29, 0.717) is 5.52 Å². The van der Waals surface area contributed by atoms with E-state index in [9.17, 15) is 18.0 Å². The zero-order valence-electron chi connectivity index (χ0n) is 17.9. The van der Waals surface area contributed by atoms with Crippen molar-refractivity contribution in [1.82, 2.24) is 14.6 Å². The zero-order chi connectivity index (χ0) is 23.4. The first-order chi connectivity index (χ1) is 15.8. The summed E-state index contributed by atoms with van der Waals surface area (Å²) in [6.07, 6.45) is 0. The molecule has 0 spiro atoms. The average molecular weight is 466 g/mol. The molecule has 3 aromatic carbocycles. The Labute approximate surface area is 190 Å². The molecule has 0 saturated heterocycles. The molecule has 170 valence electrons. The third-order valence-electron chi connectivity index (χ3n) is 5.24. The first kappa shape index (κ1) is 22.5. The number of benzene rings is 3. The number of hydrogen-bond acceptors (Lipinski definition) is 5. The summed E-state index contributed by atoms with van der Waals surface area (Å²) < 4.78 is 34.3. The molecule has 1 unspecified atom stereocenters. The second-order valence-corrected chi connectivity index (χ2v) is 9.36. The molecule has 0 aliphatic heterocycles. The van der Waals surface area contributed by atoms with Gasteiger partial charge in [-0.2, -0.15) is 0 Å². The minimum atomic E-state index is -3.82. The van der Waals surface area contributed by atoms with E-state index in [2.05, 4.69) is 10.0 Å². The van der Waals surface area contributed by atoms with Crippen molar-refractivity contribution in [3.63, 3.8) is 0 Å². The molecular weight excluding hydrogens is 442 g/mol. The lowest BCUT2D eigenvalue weighted by Crippen LogP contribution is -2.32. The van der Waals surface area contributed by atoms with Crippen molar-refractivity contribution >= 4 is 27.0 Å². The summed E-state index contributed by atoms with van der Waals surface area (Å²) in [5.41, 5.74) is 2.18. The summed E-state index contributed by atoms with van der Waals surface area (Å²) in [5.74, 6) is -1.10. The zero-order valence-corrected chi connectivity index (χ0v) is 18.7. The highest BCUT2D eigenvalue weighted by Crippen LogP contribution is 2.19. The van der Waals surface area contributed by atoms with Gasteiger partial charge in [-0.05, 0) is 30.2 Å². The van der Waals surface area contributed by atoms with Crippen molar-refractivity contribution in [3.8, 4) is 0 Å². The van der Waals surface area contributed by atoms with Crippen LogP contribution in [0.5, 0.6) is 0 Å². The van der Waals surface area contributed by atoms with Crippen LogP contribution in [0, 0.1) is 0 Å². The van der Waals surface area contributed by atoms with Crippen molar-refractivity contribution in [3.05, 3.63) is 101 Å². The standard InChI is InChI=1S/C24H23N3O5S/c1-17(19-10-6-3-7-11-19)26-23(28)16-27-21-13-12-20(14-22(21)32-24(27)29)33(30,31)25-15-18-8-4-2-5-9-18/h2-14,17,25H,15-16H2,1H3,(H,26,28). The van der Waals surface area contributed by atoms with Gasteiger partial charge < -0.3 is 9.73 Å². The molecule has 1 heterocycles. The van der Waals surface area contributed by atoms with Gasteiger partial charge in [0.25, 0.3) is 0 Å². The molecule has 1 aromatic heterocycles. The van der Waals surface area contributed by atoms with Crippen LogP contribution in [0.2, 0.25) is 0 Å². The quantitative estimate of drug-likeness (QED) is 0.416. The summed E-state index contributed by atoms with van der Waals surface area (Å²) in [6.45, 7) is 1.73. The number of carbonyl (C=O) groups is 1. The Bertz CT molecular complexity index is 1430. The minimum Gasteiger partial charge on any atom is -0.408 e. The summed E-state index contributed by atoms with van der Waals surface area (Å²) in [5, 5.41) is 2.85. The summed E-state index contributed by atoms with van der Waals surface area (Å²) in [7, 11) is -3.82. The summed E-state index contributed by atoms with van der Waals surface area (Å²) in [6, 6.07) is 22.5. The van der Waals surface area contributed by atoms with E-state index in [0.717, 1.165) is 11.1 Å². The first-order valence-electron chi connectivity index (χ1n) is 10.3. The van der Waals surface area contributed by atoms with Crippen molar-refractivity contribution in [1.29, 1.82) is 0 Å². The van der Waals surface area contributed by atoms with Gasteiger partial charge >= 0.3 is 5.76 Å². The molecular formula is C24H23N3O5S. The minimum absolute atomic E-state index is 0.0333. The highest BCUT2D eigenvalue weighted by Gasteiger charge is 2.19. The summed E-state index contributed by atoms with van der Waals surface area (Å²) in [4.78, 5) is 24.8. The predicted molar refractivity (Wildman–Crippen MR) is 124 cm³/mol. The molecule has 0 aliphatic rings. The molecule has 4 rings (SSSR count). The lowest BCUT2D eigenvalue weighted by Gasteiger charge is -2.14. The molecule has 0 fully saturated rings. The lowest BCUT2D eigenvalue weighted by atomic mass is 10.1. The fourth-order valence-corrected chi connectivity index (χ4v) is 4.51. The smallest absolute Gasteiger partial charge is 0.408 e. The van der Waals surface area contributed by atoms with E-state index in [4.69, 9.17) is 4.42 Å². The lowest BCUT2D eigenvalue weighted by molar-refractivity contribution is -0.122. The molecule has 8 nitrogen and oxygen atoms in total. The van der Waals surface area contributed by atoms with Crippen LogP contribution < -0.4 is 15.8 Å². The molecule has 33 heavy (non-hydrogen) atoms. The Morgan fingerprint density at radius 1 is 1.00 bits per heavy atom. The van der Waals surface area contributed by atoms with Gasteiger partial charge in [-0.15, -0.1) is 0 Å². The molecule has 0 radical (unpaired) electrons. The number of nitrogens with one attached hydrogen (secondary N) is 2. The number of carbonyl (C=O) groups excluding carboxylic acids is 1. The maximum absolute atomic E-state index is 12.7. The number of sulfonamides is 1. The van der Waals surface area contributed by atoms with Crippen molar-refractivity contribution < 1.29 is 17.6 Å². The molecule has 0 bridgehead atoms. The van der Waals surface area contributed by atoms with Crippen LogP contribution in [0.25, 0.3) is 11.1 Å². The maximum atomic E-state index is 12.7. The molecule has 4 aromatic rings. The van der Waals surface area contributed by atoms with Gasteiger partial charge in [0, 0.05) is 12.6 Å². The number of hydrogen-bond donors (Lipinski definition) is 2. The fraction of sp³-hybridized carbons (Fsp3) is 0.167. The second kappa shape index (κ2) is 9.43. The second-order valence-electron chi connectivity index (χ2n) is 7.59. The Morgan fingerprint density at radius 2 is 1.67 bits per heavy atom. The first-order valence-corrected chi connectivity index (χ1v) is 11.8. The maximum Gasteiger partial charge on any atom is 0.420 e. The molecule has 0 saturated carbocycles. The molecule has 1 atom stereocenters. The number of nitrogens with zero attached hydrogens (tertiary/aromatic N) is 1. The van der Waals surface area contributed by atoms with E-state index in [-0.39, 0.29) is 35.5 Å². The van der Waals surface area contributed by atoms with Gasteiger partial charge in [0.2, 0.25) is 15.9 Å². The van der Waals surface area contributed by atoms with Crippen LogP contribution in [0.4, 0.5) is 0 Å². The van der Waals surface area contributed by atoms with E-state index >= 15 is 0 Å². The Balaban J connectivity index is 1.50. The SMILES string of the molecule is CC(NC(=O)Cn1c(=O)oc2cc(S(=O)(=O)NCc3ccccc3)ccc21)c1ccccc1. The van der Waals surface area contributed by atoms with Crippen LogP contribution >= 0.6 is 0 Å².